The number of hydrogen-bond donors (Lipinski definition) is 0. The first-order valence-corrected chi connectivity index (χ1v) is 10.4. The smallest absolute Gasteiger partial charge is 0.0268 e. The van der Waals surface area contributed by atoms with Gasteiger partial charge in [-0.3, -0.25) is 0 Å². The summed E-state index contributed by atoms with van der Waals surface area (Å²) in [5.41, 5.74) is 0.556. The standard InChI is InChI=1S/C22H44/c1-5-9-10-11-12-13-14-15-16-17-18-19-21-22(7-3,8-4)20-6-2/h6H,2,5,7-21H2,1,3-4H3. The van der Waals surface area contributed by atoms with Gasteiger partial charge in [0, 0.05) is 0 Å². The van der Waals surface area contributed by atoms with Gasteiger partial charge < -0.3 is 0 Å². The Morgan fingerprint density at radius 2 is 1.05 bits per heavy atom. The molecule has 132 valence electrons. The molecule has 0 aromatic carbocycles. The third-order valence-electron chi connectivity index (χ3n) is 5.64. The summed E-state index contributed by atoms with van der Waals surface area (Å²) < 4.78 is 0. The van der Waals surface area contributed by atoms with Crippen molar-refractivity contribution in [2.75, 3.05) is 0 Å². The second-order valence-electron chi connectivity index (χ2n) is 7.34. The number of unbranched alkanes of at least 4 members (excludes halogenated alkanes) is 11. The van der Waals surface area contributed by atoms with Crippen LogP contribution in [0.25, 0.3) is 0 Å². The van der Waals surface area contributed by atoms with Gasteiger partial charge in [0.15, 0.2) is 0 Å². The van der Waals surface area contributed by atoms with Crippen LogP contribution in [0, 0.1) is 5.41 Å². The number of rotatable bonds is 17. The van der Waals surface area contributed by atoms with Gasteiger partial charge in [0.2, 0.25) is 0 Å². The minimum absolute atomic E-state index is 0.556. The fourth-order valence-corrected chi connectivity index (χ4v) is 3.64. The molecule has 0 atom stereocenters. The van der Waals surface area contributed by atoms with E-state index in [4.69, 9.17) is 0 Å². The van der Waals surface area contributed by atoms with E-state index in [0.29, 0.717) is 5.41 Å². The van der Waals surface area contributed by atoms with Crippen molar-refractivity contribution in [2.45, 2.75) is 124 Å². The topological polar surface area (TPSA) is 0 Å². The summed E-state index contributed by atoms with van der Waals surface area (Å²) in [6.45, 7) is 11.0. The molecule has 0 fully saturated rings. The van der Waals surface area contributed by atoms with Gasteiger partial charge in [-0.25, -0.2) is 0 Å². The Hall–Kier alpha value is -0.260. The van der Waals surface area contributed by atoms with Crippen molar-refractivity contribution in [3.05, 3.63) is 12.7 Å². The highest BCUT2D eigenvalue weighted by atomic mass is 14.3. The summed E-state index contributed by atoms with van der Waals surface area (Å²) in [6.07, 6.45) is 24.7. The van der Waals surface area contributed by atoms with Crippen LogP contribution in [0.2, 0.25) is 0 Å². The van der Waals surface area contributed by atoms with Crippen LogP contribution in [-0.4, -0.2) is 0 Å². The average Bonchev–Trinajstić information content (AvgIpc) is 2.55. The highest BCUT2D eigenvalue weighted by Gasteiger charge is 2.23. The predicted octanol–water partition coefficient (Wildman–Crippen LogP) is 8.46. The third-order valence-corrected chi connectivity index (χ3v) is 5.64. The maximum Gasteiger partial charge on any atom is -0.0268 e. The monoisotopic (exact) mass is 308 g/mol. The van der Waals surface area contributed by atoms with E-state index in [1.807, 2.05) is 0 Å². The second kappa shape index (κ2) is 15.6. The molecule has 22 heavy (non-hydrogen) atoms. The van der Waals surface area contributed by atoms with Crippen LogP contribution < -0.4 is 0 Å². The largest absolute Gasteiger partial charge is 0.103 e. The first-order valence-electron chi connectivity index (χ1n) is 10.4. The summed E-state index contributed by atoms with van der Waals surface area (Å²) in [7, 11) is 0. The lowest BCUT2D eigenvalue weighted by Gasteiger charge is -2.30. The van der Waals surface area contributed by atoms with Crippen LogP contribution in [0.5, 0.6) is 0 Å². The van der Waals surface area contributed by atoms with E-state index in [1.54, 1.807) is 0 Å². The van der Waals surface area contributed by atoms with Gasteiger partial charge in [-0.1, -0.05) is 117 Å². The molecule has 0 bridgehead atoms. The maximum atomic E-state index is 3.95. The molecule has 0 saturated carbocycles. The highest BCUT2D eigenvalue weighted by Crippen LogP contribution is 2.36. The Bertz CT molecular complexity index is 224. The number of allylic oxidation sites excluding steroid dienone is 1. The Kier molecular flexibility index (Phi) is 15.4. The van der Waals surface area contributed by atoms with Crippen molar-refractivity contribution in [1.29, 1.82) is 0 Å². The molecule has 0 heteroatoms. The fraction of sp³-hybridized carbons (Fsp3) is 0.909. The van der Waals surface area contributed by atoms with Crippen LogP contribution in [0.3, 0.4) is 0 Å². The molecule has 0 saturated heterocycles. The van der Waals surface area contributed by atoms with Crippen LogP contribution in [0.15, 0.2) is 12.7 Å². The molecule has 0 aliphatic rings. The molecular weight excluding hydrogens is 264 g/mol. The summed E-state index contributed by atoms with van der Waals surface area (Å²) in [4.78, 5) is 0. The Balaban J connectivity index is 3.40. The van der Waals surface area contributed by atoms with E-state index in [9.17, 15) is 0 Å². The highest BCUT2D eigenvalue weighted by molar-refractivity contribution is 4.84. The average molecular weight is 309 g/mol. The van der Waals surface area contributed by atoms with Crippen molar-refractivity contribution in [1.82, 2.24) is 0 Å². The summed E-state index contributed by atoms with van der Waals surface area (Å²) >= 11 is 0. The van der Waals surface area contributed by atoms with E-state index in [0.717, 1.165) is 0 Å². The molecule has 0 aromatic heterocycles. The Morgan fingerprint density at radius 1 is 0.636 bits per heavy atom. The van der Waals surface area contributed by atoms with Gasteiger partial charge in [0.05, 0.1) is 0 Å². The van der Waals surface area contributed by atoms with Crippen LogP contribution in [-0.2, 0) is 0 Å². The molecule has 0 N–H and O–H groups in total. The van der Waals surface area contributed by atoms with Crippen molar-refractivity contribution < 1.29 is 0 Å². The van der Waals surface area contributed by atoms with Gasteiger partial charge in [-0.15, -0.1) is 6.58 Å². The predicted molar refractivity (Wildman–Crippen MR) is 104 cm³/mol. The molecular formula is C22H44. The molecule has 0 radical (unpaired) electrons. The first kappa shape index (κ1) is 21.7. The van der Waals surface area contributed by atoms with Gasteiger partial charge >= 0.3 is 0 Å². The molecule has 0 heterocycles. The Morgan fingerprint density at radius 3 is 1.41 bits per heavy atom. The molecule has 0 aliphatic carbocycles. The first-order chi connectivity index (χ1) is 10.7. The van der Waals surface area contributed by atoms with Crippen LogP contribution >= 0.6 is 0 Å². The van der Waals surface area contributed by atoms with E-state index in [1.165, 1.54) is 103 Å². The van der Waals surface area contributed by atoms with E-state index >= 15 is 0 Å². The summed E-state index contributed by atoms with van der Waals surface area (Å²) in [5.74, 6) is 0. The molecule has 0 spiro atoms. The van der Waals surface area contributed by atoms with Gasteiger partial charge in [-0.2, -0.15) is 0 Å². The van der Waals surface area contributed by atoms with E-state index in [-0.39, 0.29) is 0 Å². The van der Waals surface area contributed by atoms with Crippen LogP contribution in [0.4, 0.5) is 0 Å². The molecule has 0 nitrogen and oxygen atoms in total. The zero-order valence-electron chi connectivity index (χ0n) is 16.1. The molecule has 0 amide bonds. The zero-order chi connectivity index (χ0) is 16.5. The van der Waals surface area contributed by atoms with Gasteiger partial charge in [0.1, 0.15) is 0 Å². The third kappa shape index (κ3) is 11.3. The SMILES string of the molecule is C=CCC(CC)(CC)CCCCCCCCCCCCCC. The van der Waals surface area contributed by atoms with Crippen molar-refractivity contribution in [2.24, 2.45) is 5.41 Å². The normalized spacial score (nSPS) is 11.8. The van der Waals surface area contributed by atoms with Crippen molar-refractivity contribution in [3.8, 4) is 0 Å². The molecule has 0 aromatic rings. The molecule has 0 rings (SSSR count). The van der Waals surface area contributed by atoms with Crippen molar-refractivity contribution >= 4 is 0 Å². The lowest BCUT2D eigenvalue weighted by molar-refractivity contribution is 0.233. The molecule has 0 aliphatic heterocycles. The second-order valence-corrected chi connectivity index (χ2v) is 7.34. The quantitative estimate of drug-likeness (QED) is 0.187. The lowest BCUT2D eigenvalue weighted by Crippen LogP contribution is -2.17. The summed E-state index contributed by atoms with van der Waals surface area (Å²) in [6, 6.07) is 0. The lowest BCUT2D eigenvalue weighted by atomic mass is 9.75. The van der Waals surface area contributed by atoms with Crippen LogP contribution in [0.1, 0.15) is 124 Å². The molecule has 0 unspecified atom stereocenters. The minimum Gasteiger partial charge on any atom is -0.103 e. The maximum absolute atomic E-state index is 3.95. The zero-order valence-corrected chi connectivity index (χ0v) is 16.1. The van der Waals surface area contributed by atoms with E-state index in [2.05, 4.69) is 33.4 Å². The Labute approximate surface area is 142 Å². The number of hydrogen-bond acceptors (Lipinski definition) is 0. The van der Waals surface area contributed by atoms with Crippen molar-refractivity contribution in [3.63, 3.8) is 0 Å². The van der Waals surface area contributed by atoms with Gasteiger partial charge in [-0.05, 0) is 18.3 Å². The minimum atomic E-state index is 0.556. The van der Waals surface area contributed by atoms with Gasteiger partial charge in [0.25, 0.3) is 0 Å². The van der Waals surface area contributed by atoms with E-state index < -0.39 is 0 Å². The summed E-state index contributed by atoms with van der Waals surface area (Å²) in [5, 5.41) is 0. The fourth-order valence-electron chi connectivity index (χ4n) is 3.64.